The predicted molar refractivity (Wildman–Crippen MR) is 75.7 cm³/mol. The topological polar surface area (TPSA) is 70.6 Å². The molecule has 20 heavy (non-hydrogen) atoms. The summed E-state index contributed by atoms with van der Waals surface area (Å²) in [6.45, 7) is 5.35. The maximum absolute atomic E-state index is 12.0. The van der Waals surface area contributed by atoms with Crippen LogP contribution in [-0.2, 0) is 4.74 Å². The maximum Gasteiger partial charge on any atom is 0.317 e. The van der Waals surface area contributed by atoms with Crippen molar-refractivity contribution >= 4 is 11.8 Å². The summed E-state index contributed by atoms with van der Waals surface area (Å²) >= 11 is 0. The zero-order valence-electron chi connectivity index (χ0n) is 12.0. The highest BCUT2D eigenvalue weighted by atomic mass is 16.5. The van der Waals surface area contributed by atoms with Crippen LogP contribution in [0.3, 0.4) is 0 Å². The molecule has 1 saturated heterocycles. The monoisotopic (exact) mass is 279 g/mol. The summed E-state index contributed by atoms with van der Waals surface area (Å²) in [5.74, 6) is 0.861. The highest BCUT2D eigenvalue weighted by Gasteiger charge is 2.22. The van der Waals surface area contributed by atoms with Crippen molar-refractivity contribution < 1.29 is 9.53 Å². The third kappa shape index (κ3) is 3.80. The molecule has 1 atom stereocenters. The normalized spacial score (nSPS) is 16.9. The minimum absolute atomic E-state index is 0.0190. The van der Waals surface area contributed by atoms with Crippen LogP contribution < -0.4 is 10.2 Å². The fourth-order valence-electron chi connectivity index (χ4n) is 2.19. The van der Waals surface area contributed by atoms with Crippen LogP contribution >= 0.6 is 0 Å². The molecule has 0 aromatic carbocycles. The van der Waals surface area contributed by atoms with Gasteiger partial charge >= 0.3 is 6.03 Å². The Morgan fingerprint density at radius 2 is 2.15 bits per heavy atom. The lowest BCUT2D eigenvalue weighted by Crippen LogP contribution is -2.53. The van der Waals surface area contributed by atoms with Crippen LogP contribution in [0, 0.1) is 0 Å². The van der Waals surface area contributed by atoms with E-state index < -0.39 is 0 Å². The summed E-state index contributed by atoms with van der Waals surface area (Å²) < 4.78 is 5.01. The molecule has 7 nitrogen and oxygen atoms in total. The average Bonchev–Trinajstić information content (AvgIpc) is 2.48. The summed E-state index contributed by atoms with van der Waals surface area (Å²) in [7, 11) is 1.63. The van der Waals surface area contributed by atoms with E-state index in [2.05, 4.69) is 20.2 Å². The van der Waals surface area contributed by atoms with Crippen molar-refractivity contribution in [2.24, 2.45) is 0 Å². The summed E-state index contributed by atoms with van der Waals surface area (Å²) in [5.41, 5.74) is 0. The molecule has 0 radical (unpaired) electrons. The Balaban J connectivity index is 1.80. The number of carbonyl (C=O) groups is 1. The van der Waals surface area contributed by atoms with Crippen LogP contribution in [0.25, 0.3) is 0 Å². The van der Waals surface area contributed by atoms with E-state index >= 15 is 0 Å². The summed E-state index contributed by atoms with van der Waals surface area (Å²) in [4.78, 5) is 24.3. The minimum atomic E-state index is -0.0339. The maximum atomic E-state index is 12.0. The van der Waals surface area contributed by atoms with Crippen LogP contribution in [0.2, 0.25) is 0 Å². The molecule has 1 aromatic rings. The number of anilines is 1. The first-order chi connectivity index (χ1) is 9.70. The van der Waals surface area contributed by atoms with Gasteiger partial charge in [0.1, 0.15) is 5.82 Å². The van der Waals surface area contributed by atoms with Gasteiger partial charge in [0.2, 0.25) is 0 Å². The van der Waals surface area contributed by atoms with E-state index in [1.165, 1.54) is 0 Å². The lowest BCUT2D eigenvalue weighted by Gasteiger charge is -2.35. The number of rotatable bonds is 4. The van der Waals surface area contributed by atoms with Gasteiger partial charge in [-0.25, -0.2) is 9.78 Å². The van der Waals surface area contributed by atoms with E-state index in [0.717, 1.165) is 18.9 Å². The molecule has 1 aromatic heterocycles. The summed E-state index contributed by atoms with van der Waals surface area (Å²) in [6, 6.07) is -0.0149. The van der Waals surface area contributed by atoms with Gasteiger partial charge in [-0.15, -0.1) is 0 Å². The number of aromatic nitrogens is 2. The number of ether oxygens (including phenoxy) is 1. The standard InChI is InChI=1S/C13H21N5O2/c1-11(10-20-2)16-13(19)18-7-5-17(6-8-18)12-9-14-3-4-15-12/h3-4,9,11H,5-8,10H2,1-2H3,(H,16,19)/t11-/m1/s1. The van der Waals surface area contributed by atoms with Crippen molar-refractivity contribution in [3.8, 4) is 0 Å². The first kappa shape index (κ1) is 14.5. The zero-order chi connectivity index (χ0) is 14.4. The summed E-state index contributed by atoms with van der Waals surface area (Å²) in [6.07, 6.45) is 5.08. The molecule has 1 N–H and O–H groups in total. The smallest absolute Gasteiger partial charge is 0.317 e. The van der Waals surface area contributed by atoms with Gasteiger partial charge in [-0.1, -0.05) is 0 Å². The fraction of sp³-hybridized carbons (Fsp3) is 0.615. The van der Waals surface area contributed by atoms with Crippen molar-refractivity contribution in [2.75, 3.05) is 44.8 Å². The number of methoxy groups -OCH3 is 1. The van der Waals surface area contributed by atoms with Gasteiger partial charge in [0.15, 0.2) is 0 Å². The van der Waals surface area contributed by atoms with E-state index in [1.807, 2.05) is 11.8 Å². The molecule has 0 saturated carbocycles. The van der Waals surface area contributed by atoms with Crippen molar-refractivity contribution in [2.45, 2.75) is 13.0 Å². The molecule has 1 fully saturated rings. The van der Waals surface area contributed by atoms with E-state index in [4.69, 9.17) is 4.74 Å². The predicted octanol–water partition coefficient (Wildman–Crippen LogP) is 0.343. The van der Waals surface area contributed by atoms with Crippen molar-refractivity contribution in [3.63, 3.8) is 0 Å². The van der Waals surface area contributed by atoms with Gasteiger partial charge in [-0.3, -0.25) is 4.98 Å². The Hall–Kier alpha value is -1.89. The van der Waals surface area contributed by atoms with Gasteiger partial charge in [0.25, 0.3) is 0 Å². The van der Waals surface area contributed by atoms with Crippen LogP contribution in [-0.4, -0.2) is 66.8 Å². The van der Waals surface area contributed by atoms with E-state index in [-0.39, 0.29) is 12.1 Å². The average molecular weight is 279 g/mol. The van der Waals surface area contributed by atoms with Gasteiger partial charge in [0, 0.05) is 45.7 Å². The SMILES string of the molecule is COC[C@@H](C)NC(=O)N1CCN(c2cnccn2)CC1. The second-order valence-corrected chi connectivity index (χ2v) is 4.84. The highest BCUT2D eigenvalue weighted by molar-refractivity contribution is 5.74. The lowest BCUT2D eigenvalue weighted by molar-refractivity contribution is 0.158. The summed E-state index contributed by atoms with van der Waals surface area (Å²) in [5, 5.41) is 2.92. The fourth-order valence-corrected chi connectivity index (χ4v) is 2.19. The number of amides is 2. The zero-order valence-corrected chi connectivity index (χ0v) is 12.0. The molecule has 0 spiro atoms. The Labute approximate surface area is 118 Å². The van der Waals surface area contributed by atoms with Crippen LogP contribution in [0.1, 0.15) is 6.92 Å². The van der Waals surface area contributed by atoms with Crippen LogP contribution in [0.15, 0.2) is 18.6 Å². The van der Waals surface area contributed by atoms with Crippen LogP contribution in [0.4, 0.5) is 10.6 Å². The Morgan fingerprint density at radius 1 is 1.40 bits per heavy atom. The molecule has 1 aliphatic rings. The molecule has 0 unspecified atom stereocenters. The molecule has 110 valence electrons. The number of carbonyl (C=O) groups excluding carboxylic acids is 1. The lowest BCUT2D eigenvalue weighted by atomic mass is 10.3. The number of urea groups is 1. The van der Waals surface area contributed by atoms with E-state index in [9.17, 15) is 4.79 Å². The number of piperazine rings is 1. The first-order valence-electron chi connectivity index (χ1n) is 6.76. The minimum Gasteiger partial charge on any atom is -0.383 e. The Kier molecular flexibility index (Phi) is 5.11. The van der Waals surface area contributed by atoms with Gasteiger partial charge in [-0.2, -0.15) is 0 Å². The second kappa shape index (κ2) is 7.04. The van der Waals surface area contributed by atoms with Crippen LogP contribution in [0.5, 0.6) is 0 Å². The largest absolute Gasteiger partial charge is 0.383 e. The molecular weight excluding hydrogens is 258 g/mol. The third-order valence-corrected chi connectivity index (χ3v) is 3.23. The van der Waals surface area contributed by atoms with E-state index in [0.29, 0.717) is 19.7 Å². The third-order valence-electron chi connectivity index (χ3n) is 3.23. The Bertz CT molecular complexity index is 420. The van der Waals surface area contributed by atoms with Crippen molar-refractivity contribution in [1.29, 1.82) is 0 Å². The molecular formula is C13H21N5O2. The molecule has 2 heterocycles. The molecule has 2 amide bonds. The quantitative estimate of drug-likeness (QED) is 0.861. The molecule has 0 aliphatic carbocycles. The highest BCUT2D eigenvalue weighted by Crippen LogP contribution is 2.11. The number of nitrogens with zero attached hydrogens (tertiary/aromatic N) is 4. The molecule has 1 aliphatic heterocycles. The number of nitrogens with one attached hydrogen (secondary N) is 1. The second-order valence-electron chi connectivity index (χ2n) is 4.84. The van der Waals surface area contributed by atoms with Crippen molar-refractivity contribution in [1.82, 2.24) is 20.2 Å². The van der Waals surface area contributed by atoms with Crippen molar-refractivity contribution in [3.05, 3.63) is 18.6 Å². The Morgan fingerprint density at radius 3 is 2.75 bits per heavy atom. The van der Waals surface area contributed by atoms with Gasteiger partial charge in [-0.05, 0) is 6.92 Å². The first-order valence-corrected chi connectivity index (χ1v) is 6.76. The number of hydrogen-bond donors (Lipinski definition) is 1. The van der Waals surface area contributed by atoms with Gasteiger partial charge < -0.3 is 19.9 Å². The molecule has 0 bridgehead atoms. The number of hydrogen-bond acceptors (Lipinski definition) is 5. The molecule has 7 heteroatoms. The van der Waals surface area contributed by atoms with E-state index in [1.54, 1.807) is 25.7 Å². The molecule has 2 rings (SSSR count). The van der Waals surface area contributed by atoms with Gasteiger partial charge in [0.05, 0.1) is 18.8 Å².